The second-order valence-electron chi connectivity index (χ2n) is 6.78. The van der Waals surface area contributed by atoms with Crippen LogP contribution in [0.5, 0.6) is 0 Å². The van der Waals surface area contributed by atoms with E-state index < -0.39 is 22.3 Å². The Labute approximate surface area is 180 Å². The van der Waals surface area contributed by atoms with Crippen LogP contribution in [0.2, 0.25) is 5.02 Å². The molecule has 0 saturated carbocycles. The smallest absolute Gasteiger partial charge is 0.269 e. The third-order valence-electron chi connectivity index (χ3n) is 5.00. The number of hydrogen-bond acceptors (Lipinski definition) is 6. The Bertz CT molecular complexity index is 971. The SMILES string of the molecule is CCc1cccc(NC(=O)c2cc(Cl)c([C@]34CCOC3[S+]([O-])N(C)C(=N)N4)s2)n1. The average Bonchev–Trinajstić information content (AvgIpc) is 3.31. The summed E-state index contributed by atoms with van der Waals surface area (Å²) in [4.78, 5) is 18.2. The van der Waals surface area contributed by atoms with Gasteiger partial charge in [-0.15, -0.1) is 11.3 Å². The van der Waals surface area contributed by atoms with E-state index in [1.54, 1.807) is 19.2 Å². The van der Waals surface area contributed by atoms with Crippen molar-refractivity contribution in [1.29, 1.82) is 5.41 Å². The summed E-state index contributed by atoms with van der Waals surface area (Å²) in [7, 11) is 1.57. The van der Waals surface area contributed by atoms with Gasteiger partial charge in [-0.2, -0.15) is 4.31 Å². The first-order valence-corrected chi connectivity index (χ1v) is 11.4. The first-order valence-electron chi connectivity index (χ1n) is 9.05. The van der Waals surface area contributed by atoms with Gasteiger partial charge in [0.05, 0.1) is 28.4 Å². The number of carbonyl (C=O) groups is 1. The van der Waals surface area contributed by atoms with Crippen LogP contribution in [0.1, 0.15) is 33.6 Å². The molecule has 0 spiro atoms. The van der Waals surface area contributed by atoms with E-state index in [1.807, 2.05) is 19.1 Å². The molecule has 29 heavy (non-hydrogen) atoms. The summed E-state index contributed by atoms with van der Waals surface area (Å²) in [6.45, 7) is 2.38. The Balaban J connectivity index is 1.63. The van der Waals surface area contributed by atoms with Gasteiger partial charge in [0.15, 0.2) is 5.54 Å². The molecule has 2 unspecified atom stereocenters. The van der Waals surface area contributed by atoms with Gasteiger partial charge in [0.25, 0.3) is 11.3 Å². The molecule has 0 aliphatic carbocycles. The minimum absolute atomic E-state index is 0.0288. The lowest BCUT2D eigenvalue weighted by Gasteiger charge is -2.42. The molecule has 4 heterocycles. The Hall–Kier alpha value is -1.85. The van der Waals surface area contributed by atoms with E-state index >= 15 is 0 Å². The summed E-state index contributed by atoms with van der Waals surface area (Å²) in [5, 5.41) is 14.4. The van der Waals surface area contributed by atoms with E-state index in [4.69, 9.17) is 21.7 Å². The lowest BCUT2D eigenvalue weighted by atomic mass is 9.96. The highest BCUT2D eigenvalue weighted by Crippen LogP contribution is 2.47. The van der Waals surface area contributed by atoms with Crippen molar-refractivity contribution in [2.75, 3.05) is 19.0 Å². The summed E-state index contributed by atoms with van der Waals surface area (Å²) in [5.41, 5.74) is -0.694. The monoisotopic (exact) mass is 453 g/mol. The van der Waals surface area contributed by atoms with Crippen LogP contribution in [0.3, 0.4) is 0 Å². The van der Waals surface area contributed by atoms with Crippen LogP contribution in [0.4, 0.5) is 5.82 Å². The van der Waals surface area contributed by atoms with Crippen LogP contribution < -0.4 is 10.6 Å². The zero-order valence-electron chi connectivity index (χ0n) is 15.8. The molecule has 2 aliphatic rings. The van der Waals surface area contributed by atoms with Crippen molar-refractivity contribution in [2.24, 2.45) is 0 Å². The molecule has 2 saturated heterocycles. The third kappa shape index (κ3) is 3.49. The summed E-state index contributed by atoms with van der Waals surface area (Å²) in [5.74, 6) is 0.182. The number of nitrogens with zero attached hydrogens (tertiary/aromatic N) is 2. The highest BCUT2D eigenvalue weighted by atomic mass is 35.5. The van der Waals surface area contributed by atoms with Crippen LogP contribution in [0.25, 0.3) is 0 Å². The Kier molecular flexibility index (Phi) is 5.47. The minimum Gasteiger partial charge on any atom is -0.591 e. The Morgan fingerprint density at radius 1 is 1.62 bits per heavy atom. The lowest BCUT2D eigenvalue weighted by molar-refractivity contribution is 0.103. The number of aromatic nitrogens is 1. The maximum atomic E-state index is 12.8. The van der Waals surface area contributed by atoms with E-state index in [1.165, 1.54) is 15.6 Å². The number of pyridine rings is 1. The molecule has 2 aromatic rings. The zero-order chi connectivity index (χ0) is 20.8. The highest BCUT2D eigenvalue weighted by Gasteiger charge is 2.60. The van der Waals surface area contributed by atoms with Crippen LogP contribution in [-0.2, 0) is 28.1 Å². The lowest BCUT2D eigenvalue weighted by Crippen LogP contribution is -2.65. The number of anilines is 1. The number of fused-ring (bicyclic) bond motifs is 1. The molecule has 2 fully saturated rings. The number of ether oxygens (including phenoxy) is 1. The first kappa shape index (κ1) is 20.4. The first-order chi connectivity index (χ1) is 13.9. The van der Waals surface area contributed by atoms with Gasteiger partial charge in [-0.3, -0.25) is 10.2 Å². The van der Waals surface area contributed by atoms with Gasteiger partial charge in [-0.1, -0.05) is 24.6 Å². The molecule has 11 heteroatoms. The van der Waals surface area contributed by atoms with Gasteiger partial charge < -0.3 is 19.9 Å². The Morgan fingerprint density at radius 2 is 2.41 bits per heavy atom. The summed E-state index contributed by atoms with van der Waals surface area (Å²) >= 11 is 6.17. The van der Waals surface area contributed by atoms with E-state index in [0.29, 0.717) is 33.6 Å². The minimum atomic E-state index is -1.54. The molecule has 0 bridgehead atoms. The number of aryl methyl sites for hydroxylation is 1. The molecule has 2 aromatic heterocycles. The van der Waals surface area contributed by atoms with Gasteiger partial charge in [0.2, 0.25) is 5.96 Å². The molecule has 154 valence electrons. The van der Waals surface area contributed by atoms with Crippen molar-refractivity contribution >= 4 is 52.0 Å². The van der Waals surface area contributed by atoms with Crippen LogP contribution in [0, 0.1) is 5.41 Å². The molecule has 0 radical (unpaired) electrons. The number of rotatable bonds is 4. The second kappa shape index (κ2) is 7.77. The average molecular weight is 454 g/mol. The number of carbonyl (C=O) groups excluding carboxylic acids is 1. The fraction of sp³-hybridized carbons (Fsp3) is 0.389. The zero-order valence-corrected chi connectivity index (χ0v) is 18.2. The summed E-state index contributed by atoms with van der Waals surface area (Å²) in [6, 6.07) is 7.07. The van der Waals surface area contributed by atoms with E-state index in [-0.39, 0.29) is 11.9 Å². The maximum Gasteiger partial charge on any atom is 0.269 e. The molecule has 4 rings (SSSR count). The number of halogens is 1. The van der Waals surface area contributed by atoms with Gasteiger partial charge in [0.1, 0.15) is 17.2 Å². The largest absolute Gasteiger partial charge is 0.591 e. The van der Waals surface area contributed by atoms with E-state index in [0.717, 1.165) is 12.1 Å². The molecular weight excluding hydrogens is 434 g/mol. The van der Waals surface area contributed by atoms with Crippen molar-refractivity contribution < 1.29 is 14.1 Å². The molecule has 3 N–H and O–H groups in total. The number of guanidine groups is 1. The standard InChI is InChI=1S/C18H20ClN5O3S2/c1-3-10-5-4-6-13(21-10)22-15(25)12-9-11(19)14(28-12)18-7-8-27-16(18)29(26)24(2)17(20)23-18/h4-6,9,16H,3,7-8H2,1-2H3,(H2,20,23)(H,21,22,25)/t16?,18-,29?/m1/s1. The van der Waals surface area contributed by atoms with Crippen molar-refractivity contribution in [2.45, 2.75) is 30.7 Å². The third-order valence-corrected chi connectivity index (χ3v) is 8.35. The second-order valence-corrected chi connectivity index (χ2v) is 9.77. The van der Waals surface area contributed by atoms with Crippen LogP contribution in [-0.4, -0.2) is 44.8 Å². The number of nitrogens with one attached hydrogen (secondary N) is 3. The number of amides is 1. The van der Waals surface area contributed by atoms with Gasteiger partial charge in [-0.05, 0) is 24.6 Å². The van der Waals surface area contributed by atoms with Gasteiger partial charge >= 0.3 is 0 Å². The predicted octanol–water partition coefficient (Wildman–Crippen LogP) is 2.69. The maximum absolute atomic E-state index is 12.8. The quantitative estimate of drug-likeness (QED) is 0.613. The van der Waals surface area contributed by atoms with Crippen LogP contribution in [0.15, 0.2) is 24.3 Å². The van der Waals surface area contributed by atoms with Crippen molar-refractivity contribution in [1.82, 2.24) is 14.6 Å². The molecule has 2 aliphatic heterocycles. The summed E-state index contributed by atoms with van der Waals surface area (Å²) < 4.78 is 19.8. The fourth-order valence-corrected chi connectivity index (χ4v) is 6.48. The van der Waals surface area contributed by atoms with Crippen molar-refractivity contribution in [3.63, 3.8) is 0 Å². The molecule has 1 amide bonds. The number of hydrogen-bond donors (Lipinski definition) is 3. The van der Waals surface area contributed by atoms with Gasteiger partial charge in [0, 0.05) is 12.1 Å². The predicted molar refractivity (Wildman–Crippen MR) is 114 cm³/mol. The highest BCUT2D eigenvalue weighted by molar-refractivity contribution is 7.90. The van der Waals surface area contributed by atoms with Crippen molar-refractivity contribution in [3.05, 3.63) is 44.7 Å². The molecule has 0 aromatic carbocycles. The van der Waals surface area contributed by atoms with Crippen LogP contribution >= 0.6 is 22.9 Å². The Morgan fingerprint density at radius 3 is 3.17 bits per heavy atom. The molecule has 3 atom stereocenters. The normalized spacial score (nSPS) is 26.2. The summed E-state index contributed by atoms with van der Waals surface area (Å²) in [6.07, 6.45) is 1.27. The number of thiophene rings is 1. The van der Waals surface area contributed by atoms with E-state index in [9.17, 15) is 9.35 Å². The van der Waals surface area contributed by atoms with Gasteiger partial charge in [-0.25, -0.2) is 4.98 Å². The topological polar surface area (TPSA) is 113 Å². The fourth-order valence-electron chi connectivity index (χ4n) is 3.45. The molecular formula is C18H20ClN5O3S2. The van der Waals surface area contributed by atoms with Crippen molar-refractivity contribution in [3.8, 4) is 0 Å². The molecule has 8 nitrogen and oxygen atoms in total. The van der Waals surface area contributed by atoms with E-state index in [2.05, 4.69) is 15.6 Å².